The largest absolute Gasteiger partial charge is 0.380 e. The minimum atomic E-state index is -0.305. The molecule has 4 heteroatoms. The summed E-state index contributed by atoms with van der Waals surface area (Å²) >= 11 is 0. The van der Waals surface area contributed by atoms with Crippen LogP contribution >= 0.6 is 0 Å². The van der Waals surface area contributed by atoms with Gasteiger partial charge < -0.3 is 15.4 Å². The van der Waals surface area contributed by atoms with Crippen molar-refractivity contribution >= 4 is 5.69 Å². The van der Waals surface area contributed by atoms with Crippen molar-refractivity contribution in [1.82, 2.24) is 0 Å². The van der Waals surface area contributed by atoms with Gasteiger partial charge in [0.05, 0.1) is 6.61 Å². The van der Waals surface area contributed by atoms with Gasteiger partial charge in [-0.15, -0.1) is 0 Å². The minimum absolute atomic E-state index is 0.223. The molecule has 1 atom stereocenters. The standard InChI is InChI=1S/C15H21FN2O/c1-11(17)15-13(16)4-3-5-14(15)18-8-6-12(7-9-18)10-19-2/h3-6,11H,7-10,17H2,1-2H3. The molecule has 0 aromatic heterocycles. The molecule has 1 aliphatic heterocycles. The van der Waals surface area contributed by atoms with Crippen LogP contribution in [0, 0.1) is 5.82 Å². The van der Waals surface area contributed by atoms with Crippen molar-refractivity contribution in [2.75, 3.05) is 31.7 Å². The molecule has 1 aromatic carbocycles. The first-order valence-electron chi connectivity index (χ1n) is 6.59. The highest BCUT2D eigenvalue weighted by atomic mass is 19.1. The van der Waals surface area contributed by atoms with Crippen molar-refractivity contribution in [2.45, 2.75) is 19.4 Å². The van der Waals surface area contributed by atoms with Gasteiger partial charge in [0.2, 0.25) is 0 Å². The fourth-order valence-corrected chi connectivity index (χ4v) is 2.50. The zero-order valence-corrected chi connectivity index (χ0v) is 11.5. The van der Waals surface area contributed by atoms with E-state index in [0.29, 0.717) is 12.2 Å². The van der Waals surface area contributed by atoms with Crippen molar-refractivity contribution in [3.05, 3.63) is 41.2 Å². The first-order chi connectivity index (χ1) is 9.13. The first-order valence-corrected chi connectivity index (χ1v) is 6.59. The molecule has 19 heavy (non-hydrogen) atoms. The number of nitrogens with zero attached hydrogens (tertiary/aromatic N) is 1. The number of rotatable bonds is 4. The van der Waals surface area contributed by atoms with Crippen LogP contribution in [0.1, 0.15) is 24.9 Å². The molecule has 2 N–H and O–H groups in total. The van der Waals surface area contributed by atoms with Crippen molar-refractivity contribution < 1.29 is 9.13 Å². The molecular weight excluding hydrogens is 243 g/mol. The second kappa shape index (κ2) is 6.17. The maximum Gasteiger partial charge on any atom is 0.130 e. The predicted octanol–water partition coefficient (Wildman–Crippen LogP) is 2.63. The summed E-state index contributed by atoms with van der Waals surface area (Å²) in [6.45, 7) is 4.15. The van der Waals surface area contributed by atoms with Crippen LogP contribution in [0.15, 0.2) is 29.8 Å². The molecule has 1 heterocycles. The van der Waals surface area contributed by atoms with E-state index in [1.807, 2.05) is 13.0 Å². The lowest BCUT2D eigenvalue weighted by molar-refractivity contribution is 0.222. The minimum Gasteiger partial charge on any atom is -0.380 e. The maximum atomic E-state index is 13.9. The summed E-state index contributed by atoms with van der Waals surface area (Å²) in [5.74, 6) is -0.223. The molecule has 0 amide bonds. The van der Waals surface area contributed by atoms with Gasteiger partial charge in [0, 0.05) is 37.5 Å². The number of hydrogen-bond donors (Lipinski definition) is 1. The quantitative estimate of drug-likeness (QED) is 0.850. The van der Waals surface area contributed by atoms with Gasteiger partial charge in [-0.05, 0) is 31.1 Å². The Kier molecular flexibility index (Phi) is 4.56. The summed E-state index contributed by atoms with van der Waals surface area (Å²) < 4.78 is 19.0. The van der Waals surface area contributed by atoms with Crippen molar-refractivity contribution in [3.63, 3.8) is 0 Å². The van der Waals surface area contributed by atoms with E-state index in [1.54, 1.807) is 13.2 Å². The van der Waals surface area contributed by atoms with Crippen LogP contribution in [0.3, 0.4) is 0 Å². The summed E-state index contributed by atoms with van der Waals surface area (Å²) in [5, 5.41) is 0. The van der Waals surface area contributed by atoms with Crippen LogP contribution in [-0.4, -0.2) is 26.8 Å². The number of hydrogen-bond acceptors (Lipinski definition) is 3. The van der Waals surface area contributed by atoms with Crippen LogP contribution in [-0.2, 0) is 4.74 Å². The average molecular weight is 264 g/mol. The van der Waals surface area contributed by atoms with E-state index in [0.717, 1.165) is 25.2 Å². The highest BCUT2D eigenvalue weighted by molar-refractivity contribution is 5.56. The van der Waals surface area contributed by atoms with Gasteiger partial charge >= 0.3 is 0 Å². The predicted molar refractivity (Wildman–Crippen MR) is 75.8 cm³/mol. The highest BCUT2D eigenvalue weighted by Crippen LogP contribution is 2.29. The Balaban J connectivity index is 2.22. The normalized spacial score (nSPS) is 17.3. The molecular formula is C15H21FN2O. The lowest BCUT2D eigenvalue weighted by Gasteiger charge is -2.31. The molecule has 0 radical (unpaired) electrons. The molecule has 2 rings (SSSR count). The third-order valence-corrected chi connectivity index (χ3v) is 3.46. The highest BCUT2D eigenvalue weighted by Gasteiger charge is 2.19. The van der Waals surface area contributed by atoms with Gasteiger partial charge in [-0.2, -0.15) is 0 Å². The first kappa shape index (κ1) is 14.0. The zero-order valence-electron chi connectivity index (χ0n) is 11.5. The number of anilines is 1. The molecule has 3 nitrogen and oxygen atoms in total. The maximum absolute atomic E-state index is 13.9. The number of methoxy groups -OCH3 is 1. The van der Waals surface area contributed by atoms with E-state index in [2.05, 4.69) is 11.0 Å². The summed E-state index contributed by atoms with van der Waals surface area (Å²) in [7, 11) is 1.70. The van der Waals surface area contributed by atoms with E-state index in [9.17, 15) is 4.39 Å². The van der Waals surface area contributed by atoms with E-state index in [-0.39, 0.29) is 11.9 Å². The molecule has 1 unspecified atom stereocenters. The van der Waals surface area contributed by atoms with Gasteiger partial charge in [0.25, 0.3) is 0 Å². The van der Waals surface area contributed by atoms with Crippen LogP contribution in [0.2, 0.25) is 0 Å². The lowest BCUT2D eigenvalue weighted by atomic mass is 10.0. The van der Waals surface area contributed by atoms with Crippen molar-refractivity contribution in [3.8, 4) is 0 Å². The molecule has 0 bridgehead atoms. The molecule has 0 saturated heterocycles. The van der Waals surface area contributed by atoms with Crippen molar-refractivity contribution in [2.24, 2.45) is 5.73 Å². The second-order valence-corrected chi connectivity index (χ2v) is 4.95. The van der Waals surface area contributed by atoms with Crippen LogP contribution < -0.4 is 10.6 Å². The van der Waals surface area contributed by atoms with Gasteiger partial charge in [0.1, 0.15) is 5.82 Å². The van der Waals surface area contributed by atoms with Gasteiger partial charge in [-0.25, -0.2) is 4.39 Å². The summed E-state index contributed by atoms with van der Waals surface area (Å²) in [6.07, 6.45) is 3.10. The molecule has 0 spiro atoms. The Morgan fingerprint density at radius 3 is 2.84 bits per heavy atom. The molecule has 0 saturated carbocycles. The third-order valence-electron chi connectivity index (χ3n) is 3.46. The van der Waals surface area contributed by atoms with Crippen LogP contribution in [0.25, 0.3) is 0 Å². The Labute approximate surface area is 113 Å². The fraction of sp³-hybridized carbons (Fsp3) is 0.467. The Bertz CT molecular complexity index is 471. The van der Waals surface area contributed by atoms with E-state index >= 15 is 0 Å². The molecule has 104 valence electrons. The molecule has 1 aromatic rings. The number of nitrogens with two attached hydrogens (primary N) is 1. The van der Waals surface area contributed by atoms with Crippen LogP contribution in [0.4, 0.5) is 10.1 Å². The Hall–Kier alpha value is -1.39. The summed E-state index contributed by atoms with van der Waals surface area (Å²) in [6, 6.07) is 4.85. The molecule has 1 aliphatic rings. The van der Waals surface area contributed by atoms with Crippen LogP contribution in [0.5, 0.6) is 0 Å². The molecule has 0 aliphatic carbocycles. The monoisotopic (exact) mass is 264 g/mol. The Morgan fingerprint density at radius 2 is 2.26 bits per heavy atom. The van der Waals surface area contributed by atoms with Crippen molar-refractivity contribution in [1.29, 1.82) is 0 Å². The third kappa shape index (κ3) is 3.14. The number of ether oxygens (including phenoxy) is 1. The average Bonchev–Trinajstić information content (AvgIpc) is 2.39. The zero-order chi connectivity index (χ0) is 13.8. The topological polar surface area (TPSA) is 38.5 Å². The number of benzene rings is 1. The molecule has 0 fully saturated rings. The van der Waals surface area contributed by atoms with Gasteiger partial charge in [-0.3, -0.25) is 0 Å². The van der Waals surface area contributed by atoms with Gasteiger partial charge in [0.15, 0.2) is 0 Å². The van der Waals surface area contributed by atoms with E-state index in [1.165, 1.54) is 11.6 Å². The smallest absolute Gasteiger partial charge is 0.130 e. The Morgan fingerprint density at radius 1 is 1.47 bits per heavy atom. The van der Waals surface area contributed by atoms with Gasteiger partial charge in [-0.1, -0.05) is 12.1 Å². The lowest BCUT2D eigenvalue weighted by Crippen LogP contribution is -2.31. The van der Waals surface area contributed by atoms with E-state index < -0.39 is 0 Å². The van der Waals surface area contributed by atoms with E-state index in [4.69, 9.17) is 10.5 Å². The second-order valence-electron chi connectivity index (χ2n) is 4.95. The summed E-state index contributed by atoms with van der Waals surface area (Å²) in [5.41, 5.74) is 8.71. The SMILES string of the molecule is COCC1=CCN(c2cccc(F)c2C(C)N)CC1. The number of halogens is 1. The fourth-order valence-electron chi connectivity index (χ4n) is 2.50. The summed E-state index contributed by atoms with van der Waals surface area (Å²) in [4.78, 5) is 2.17.